The predicted octanol–water partition coefficient (Wildman–Crippen LogP) is 1.38. The first-order valence-electron chi connectivity index (χ1n) is 5.31. The molecule has 0 saturated carbocycles. The van der Waals surface area contributed by atoms with Gasteiger partial charge in [-0.05, 0) is 19.9 Å². The van der Waals surface area contributed by atoms with Crippen molar-refractivity contribution >= 4 is 17.5 Å². The van der Waals surface area contributed by atoms with E-state index in [0.29, 0.717) is 0 Å². The van der Waals surface area contributed by atoms with E-state index in [1.165, 1.54) is 19.9 Å². The zero-order valence-corrected chi connectivity index (χ0v) is 10.4. The van der Waals surface area contributed by atoms with Crippen LogP contribution in [-0.2, 0) is 4.79 Å². The van der Waals surface area contributed by atoms with Gasteiger partial charge in [-0.15, -0.1) is 0 Å². The molecule has 0 aliphatic heterocycles. The van der Waals surface area contributed by atoms with Gasteiger partial charge < -0.3 is 10.4 Å². The molecule has 0 bridgehead atoms. The molecule has 8 nitrogen and oxygen atoms in total. The van der Waals surface area contributed by atoms with Crippen LogP contribution in [0.15, 0.2) is 12.1 Å². The zero-order valence-electron chi connectivity index (χ0n) is 10.4. The fourth-order valence-electron chi connectivity index (χ4n) is 1.17. The molecular formula is C11H12N4O4. The van der Waals surface area contributed by atoms with Gasteiger partial charge in [-0.1, -0.05) is 0 Å². The monoisotopic (exact) mass is 264 g/mol. The van der Waals surface area contributed by atoms with Gasteiger partial charge in [-0.2, -0.15) is 5.26 Å². The first-order chi connectivity index (χ1) is 8.77. The molecule has 0 aliphatic rings. The highest BCUT2D eigenvalue weighted by Gasteiger charge is 2.27. The summed E-state index contributed by atoms with van der Waals surface area (Å²) in [6.07, 6.45) is 0. The van der Waals surface area contributed by atoms with E-state index in [-0.39, 0.29) is 23.7 Å². The molecule has 2 N–H and O–H groups in total. The number of nitriles is 1. The molecule has 0 atom stereocenters. The van der Waals surface area contributed by atoms with Crippen molar-refractivity contribution < 1.29 is 14.8 Å². The first kappa shape index (κ1) is 14.4. The molecule has 19 heavy (non-hydrogen) atoms. The van der Waals surface area contributed by atoms with Crippen molar-refractivity contribution in [2.45, 2.75) is 13.8 Å². The number of hydrogen-bond acceptors (Lipinski definition) is 6. The quantitative estimate of drug-likeness (QED) is 0.607. The molecule has 100 valence electrons. The van der Waals surface area contributed by atoms with Crippen LogP contribution in [0.3, 0.4) is 0 Å². The number of pyridine rings is 1. The van der Waals surface area contributed by atoms with Gasteiger partial charge in [0, 0.05) is 12.6 Å². The molecule has 1 heterocycles. The summed E-state index contributed by atoms with van der Waals surface area (Å²) in [4.78, 5) is 24.6. The number of aliphatic carboxylic acids is 1. The molecule has 1 aromatic rings. The van der Waals surface area contributed by atoms with E-state index < -0.39 is 16.3 Å². The number of carboxylic acid groups (broad SMARTS) is 1. The van der Waals surface area contributed by atoms with Gasteiger partial charge in [0.25, 0.3) is 0 Å². The van der Waals surface area contributed by atoms with Crippen molar-refractivity contribution in [3.8, 4) is 6.07 Å². The van der Waals surface area contributed by atoms with Crippen LogP contribution in [0.2, 0.25) is 0 Å². The second-order valence-electron chi connectivity index (χ2n) is 4.48. The second-order valence-corrected chi connectivity index (χ2v) is 4.48. The maximum atomic E-state index is 10.9. The lowest BCUT2D eigenvalue weighted by molar-refractivity contribution is -0.385. The standard InChI is InChI=1S/C11H12N4O4/c1-11(2,10(16)17)6-13-9-4-3-8(15(18)19)7(5-12)14-9/h3-4H,6H2,1-2H3,(H,13,14)(H,16,17). The number of nitrogens with one attached hydrogen (secondary N) is 1. The van der Waals surface area contributed by atoms with Crippen LogP contribution in [0.4, 0.5) is 11.5 Å². The Kier molecular flexibility index (Phi) is 4.01. The minimum atomic E-state index is -1.02. The molecule has 0 unspecified atom stereocenters. The Hall–Kier alpha value is -2.69. The van der Waals surface area contributed by atoms with Gasteiger partial charge >= 0.3 is 11.7 Å². The summed E-state index contributed by atoms with van der Waals surface area (Å²) in [5.41, 5.74) is -1.72. The van der Waals surface area contributed by atoms with Crippen molar-refractivity contribution in [1.29, 1.82) is 5.26 Å². The minimum Gasteiger partial charge on any atom is -0.481 e. The van der Waals surface area contributed by atoms with Crippen LogP contribution in [0.1, 0.15) is 19.5 Å². The predicted molar refractivity (Wildman–Crippen MR) is 65.5 cm³/mol. The van der Waals surface area contributed by atoms with Crippen LogP contribution < -0.4 is 5.32 Å². The fourth-order valence-corrected chi connectivity index (χ4v) is 1.17. The summed E-state index contributed by atoms with van der Waals surface area (Å²) in [6.45, 7) is 3.13. The maximum Gasteiger partial charge on any atom is 0.310 e. The number of nitro groups is 1. The molecule has 0 saturated heterocycles. The minimum absolute atomic E-state index is 0.0814. The van der Waals surface area contributed by atoms with Crippen molar-refractivity contribution in [1.82, 2.24) is 4.98 Å². The van der Waals surface area contributed by atoms with Gasteiger partial charge in [-0.3, -0.25) is 14.9 Å². The van der Waals surface area contributed by atoms with E-state index in [1.807, 2.05) is 0 Å². The lowest BCUT2D eigenvalue weighted by Crippen LogP contribution is -2.32. The summed E-state index contributed by atoms with van der Waals surface area (Å²) in [5.74, 6) is -0.765. The van der Waals surface area contributed by atoms with Crippen LogP contribution in [0.5, 0.6) is 0 Å². The third kappa shape index (κ3) is 3.38. The number of hydrogen-bond donors (Lipinski definition) is 2. The van der Waals surface area contributed by atoms with Crippen molar-refractivity contribution in [2.24, 2.45) is 5.41 Å². The lowest BCUT2D eigenvalue weighted by atomic mass is 9.94. The Morgan fingerprint density at radius 1 is 1.63 bits per heavy atom. The average Bonchev–Trinajstić information content (AvgIpc) is 2.35. The van der Waals surface area contributed by atoms with E-state index in [1.54, 1.807) is 6.07 Å². The van der Waals surface area contributed by atoms with E-state index >= 15 is 0 Å². The molecule has 0 amide bonds. The molecule has 1 aromatic heterocycles. The highest BCUT2D eigenvalue weighted by Crippen LogP contribution is 2.20. The molecular weight excluding hydrogens is 252 g/mol. The van der Waals surface area contributed by atoms with Gasteiger partial charge in [-0.25, -0.2) is 4.98 Å². The summed E-state index contributed by atoms with van der Waals surface area (Å²) in [5, 5.41) is 31.1. The number of carboxylic acids is 1. The van der Waals surface area contributed by atoms with Crippen molar-refractivity contribution in [3.63, 3.8) is 0 Å². The van der Waals surface area contributed by atoms with Gasteiger partial charge in [0.1, 0.15) is 11.9 Å². The Morgan fingerprint density at radius 3 is 2.74 bits per heavy atom. The average molecular weight is 264 g/mol. The summed E-state index contributed by atoms with van der Waals surface area (Å²) >= 11 is 0. The smallest absolute Gasteiger partial charge is 0.310 e. The van der Waals surface area contributed by atoms with E-state index in [2.05, 4.69) is 10.3 Å². The summed E-state index contributed by atoms with van der Waals surface area (Å²) < 4.78 is 0. The van der Waals surface area contributed by atoms with Crippen LogP contribution in [-0.4, -0.2) is 27.5 Å². The summed E-state index contributed by atoms with van der Waals surface area (Å²) in [6, 6.07) is 4.11. The molecule has 1 rings (SSSR count). The van der Waals surface area contributed by atoms with Gasteiger partial charge in [0.2, 0.25) is 5.69 Å². The van der Waals surface area contributed by atoms with Crippen LogP contribution in [0, 0.1) is 26.9 Å². The van der Waals surface area contributed by atoms with Crippen molar-refractivity contribution in [3.05, 3.63) is 27.9 Å². The number of carbonyl (C=O) groups is 1. The third-order valence-corrected chi connectivity index (χ3v) is 2.47. The highest BCUT2D eigenvalue weighted by atomic mass is 16.6. The number of rotatable bonds is 5. The maximum absolute atomic E-state index is 10.9. The first-order valence-corrected chi connectivity index (χ1v) is 5.31. The second kappa shape index (κ2) is 5.30. The van der Waals surface area contributed by atoms with Crippen molar-refractivity contribution in [2.75, 3.05) is 11.9 Å². The fraction of sp³-hybridized carbons (Fsp3) is 0.364. The zero-order chi connectivity index (χ0) is 14.6. The Balaban J connectivity index is 2.91. The van der Waals surface area contributed by atoms with E-state index in [0.717, 1.165) is 6.07 Å². The molecule has 0 fully saturated rings. The Labute approximate surface area is 108 Å². The van der Waals surface area contributed by atoms with Gasteiger partial charge in [0.05, 0.1) is 10.3 Å². The molecule has 0 spiro atoms. The topological polar surface area (TPSA) is 129 Å². The Morgan fingerprint density at radius 2 is 2.26 bits per heavy atom. The molecule has 0 aliphatic carbocycles. The molecule has 8 heteroatoms. The normalized spacial score (nSPS) is 10.6. The lowest BCUT2D eigenvalue weighted by Gasteiger charge is -2.19. The number of aromatic nitrogens is 1. The molecule has 0 aromatic carbocycles. The summed E-state index contributed by atoms with van der Waals surface area (Å²) in [7, 11) is 0. The van der Waals surface area contributed by atoms with E-state index in [9.17, 15) is 14.9 Å². The SMILES string of the molecule is CC(C)(CNc1ccc([N+](=O)[O-])c(C#N)n1)C(=O)O. The third-order valence-electron chi connectivity index (χ3n) is 2.47. The van der Waals surface area contributed by atoms with Crippen LogP contribution >= 0.6 is 0 Å². The highest BCUT2D eigenvalue weighted by molar-refractivity contribution is 5.74. The molecule has 0 radical (unpaired) electrons. The number of anilines is 1. The Bertz CT molecular complexity index is 562. The largest absolute Gasteiger partial charge is 0.481 e. The number of nitrogens with zero attached hydrogens (tertiary/aromatic N) is 3. The van der Waals surface area contributed by atoms with E-state index in [4.69, 9.17) is 10.4 Å². The van der Waals surface area contributed by atoms with Crippen LogP contribution in [0.25, 0.3) is 0 Å². The van der Waals surface area contributed by atoms with Gasteiger partial charge in [0.15, 0.2) is 0 Å².